The predicted molar refractivity (Wildman–Crippen MR) is 78.5 cm³/mol. The molecule has 1 aromatic carbocycles. The van der Waals surface area contributed by atoms with E-state index in [-0.39, 0.29) is 4.90 Å². The molecule has 0 spiro atoms. The highest BCUT2D eigenvalue weighted by atomic mass is 32.2. The number of furan rings is 1. The summed E-state index contributed by atoms with van der Waals surface area (Å²) in [5.74, 6) is 1.13. The predicted octanol–water partition coefficient (Wildman–Crippen LogP) is 1.07. The Bertz CT molecular complexity index is 896. The standard InChI is InChI=1S/C13H11N5O3S/c14-22(19,20)12-4-1-10(2-5-12)13-6-3-11(21-13)7-17-18-8-15-16-9-18/h1-9H,(H2,14,19,20). The molecule has 2 heterocycles. The van der Waals surface area contributed by atoms with Crippen LogP contribution < -0.4 is 5.14 Å². The van der Waals surface area contributed by atoms with Crippen LogP contribution in [-0.2, 0) is 10.0 Å². The lowest BCUT2D eigenvalue weighted by Crippen LogP contribution is -2.11. The molecule has 2 N–H and O–H groups in total. The fourth-order valence-electron chi connectivity index (χ4n) is 1.76. The Morgan fingerprint density at radius 2 is 1.77 bits per heavy atom. The van der Waals surface area contributed by atoms with Gasteiger partial charge in [0.15, 0.2) is 0 Å². The number of nitrogens with zero attached hydrogens (tertiary/aromatic N) is 4. The molecule has 0 bridgehead atoms. The molecule has 22 heavy (non-hydrogen) atoms. The second-order valence-electron chi connectivity index (χ2n) is 4.36. The van der Waals surface area contributed by atoms with E-state index >= 15 is 0 Å². The number of rotatable bonds is 4. The number of aromatic nitrogens is 3. The van der Waals surface area contributed by atoms with Gasteiger partial charge in [-0.05, 0) is 36.4 Å². The Balaban J connectivity index is 1.82. The molecule has 0 aliphatic heterocycles. The Labute approximate surface area is 125 Å². The first kappa shape index (κ1) is 14.2. The van der Waals surface area contributed by atoms with Crippen molar-refractivity contribution in [1.29, 1.82) is 0 Å². The van der Waals surface area contributed by atoms with E-state index in [2.05, 4.69) is 15.3 Å². The summed E-state index contributed by atoms with van der Waals surface area (Å²) in [6.07, 6.45) is 4.42. The maximum Gasteiger partial charge on any atom is 0.238 e. The van der Waals surface area contributed by atoms with Gasteiger partial charge >= 0.3 is 0 Å². The molecule has 0 amide bonds. The number of nitrogens with two attached hydrogens (primary N) is 1. The number of hydrogen-bond donors (Lipinski definition) is 1. The Hall–Kier alpha value is -2.78. The molecule has 9 heteroatoms. The molecule has 0 aliphatic carbocycles. The van der Waals surface area contributed by atoms with Crippen molar-refractivity contribution in [3.8, 4) is 11.3 Å². The topological polar surface area (TPSA) is 116 Å². The van der Waals surface area contributed by atoms with Gasteiger partial charge in [-0.3, -0.25) is 0 Å². The van der Waals surface area contributed by atoms with Crippen LogP contribution in [0.3, 0.4) is 0 Å². The van der Waals surface area contributed by atoms with Gasteiger partial charge in [0.25, 0.3) is 0 Å². The van der Waals surface area contributed by atoms with E-state index in [1.807, 2.05) is 0 Å². The van der Waals surface area contributed by atoms with E-state index in [0.717, 1.165) is 5.56 Å². The van der Waals surface area contributed by atoms with Crippen molar-refractivity contribution < 1.29 is 12.8 Å². The van der Waals surface area contributed by atoms with E-state index in [0.29, 0.717) is 11.5 Å². The highest BCUT2D eigenvalue weighted by Gasteiger charge is 2.09. The third-order valence-corrected chi connectivity index (χ3v) is 3.75. The van der Waals surface area contributed by atoms with Crippen LogP contribution in [0.1, 0.15) is 5.76 Å². The molecule has 0 aliphatic rings. The maximum atomic E-state index is 11.2. The van der Waals surface area contributed by atoms with Crippen molar-refractivity contribution in [2.24, 2.45) is 10.2 Å². The van der Waals surface area contributed by atoms with Crippen LogP contribution >= 0.6 is 0 Å². The minimum atomic E-state index is -3.70. The second kappa shape index (κ2) is 5.54. The normalized spacial score (nSPS) is 12.0. The summed E-state index contributed by atoms with van der Waals surface area (Å²) in [5.41, 5.74) is 0.733. The molecule has 3 rings (SSSR count). The average Bonchev–Trinajstić information content (AvgIpc) is 3.16. The fourth-order valence-corrected chi connectivity index (χ4v) is 2.28. The lowest BCUT2D eigenvalue weighted by atomic mass is 10.2. The van der Waals surface area contributed by atoms with E-state index in [9.17, 15) is 8.42 Å². The molecule has 0 fully saturated rings. The summed E-state index contributed by atoms with van der Waals surface area (Å²) in [7, 11) is -3.70. The van der Waals surface area contributed by atoms with Gasteiger partial charge in [0.05, 0.1) is 11.1 Å². The summed E-state index contributed by atoms with van der Waals surface area (Å²) in [4.78, 5) is 0.0530. The Morgan fingerprint density at radius 1 is 1.09 bits per heavy atom. The van der Waals surface area contributed by atoms with Gasteiger partial charge in [-0.25, -0.2) is 18.2 Å². The van der Waals surface area contributed by atoms with Crippen molar-refractivity contribution in [3.05, 3.63) is 54.8 Å². The smallest absolute Gasteiger partial charge is 0.238 e. The van der Waals surface area contributed by atoms with Crippen LogP contribution in [0.4, 0.5) is 0 Å². The average molecular weight is 317 g/mol. The van der Waals surface area contributed by atoms with Gasteiger partial charge in [0, 0.05) is 5.56 Å². The van der Waals surface area contributed by atoms with E-state index in [4.69, 9.17) is 9.56 Å². The minimum absolute atomic E-state index is 0.0530. The number of primary sulfonamides is 1. The molecule has 0 saturated heterocycles. The van der Waals surface area contributed by atoms with E-state index < -0.39 is 10.0 Å². The van der Waals surface area contributed by atoms with Crippen molar-refractivity contribution in [1.82, 2.24) is 14.9 Å². The third-order valence-electron chi connectivity index (χ3n) is 2.82. The van der Waals surface area contributed by atoms with E-state index in [1.165, 1.54) is 35.7 Å². The number of benzene rings is 1. The first-order valence-corrected chi connectivity index (χ1v) is 7.69. The molecule has 112 valence electrons. The van der Waals surface area contributed by atoms with Gasteiger partial charge in [-0.1, -0.05) is 0 Å². The van der Waals surface area contributed by atoms with Crippen molar-refractivity contribution in [2.45, 2.75) is 4.90 Å². The molecule has 0 atom stereocenters. The van der Waals surface area contributed by atoms with Crippen LogP contribution in [0.2, 0.25) is 0 Å². The first-order chi connectivity index (χ1) is 10.5. The van der Waals surface area contributed by atoms with E-state index in [1.54, 1.807) is 24.3 Å². The van der Waals surface area contributed by atoms with Crippen LogP contribution in [0, 0.1) is 0 Å². The number of hydrogen-bond acceptors (Lipinski definition) is 6. The summed E-state index contributed by atoms with van der Waals surface area (Å²) in [6, 6.07) is 9.62. The Morgan fingerprint density at radius 3 is 2.41 bits per heavy atom. The second-order valence-corrected chi connectivity index (χ2v) is 5.92. The molecule has 0 saturated carbocycles. The van der Waals surface area contributed by atoms with Gasteiger partial charge in [0.1, 0.15) is 24.2 Å². The van der Waals surface area contributed by atoms with Crippen molar-refractivity contribution in [3.63, 3.8) is 0 Å². The lowest BCUT2D eigenvalue weighted by Gasteiger charge is -2.00. The first-order valence-electron chi connectivity index (χ1n) is 6.14. The minimum Gasteiger partial charge on any atom is -0.455 e. The summed E-state index contributed by atoms with van der Waals surface area (Å²) >= 11 is 0. The van der Waals surface area contributed by atoms with Crippen LogP contribution in [0.25, 0.3) is 11.3 Å². The van der Waals surface area contributed by atoms with Gasteiger partial charge in [-0.2, -0.15) is 5.10 Å². The zero-order valence-corrected chi connectivity index (χ0v) is 12.0. The molecule has 2 aromatic heterocycles. The highest BCUT2D eigenvalue weighted by Crippen LogP contribution is 2.22. The van der Waals surface area contributed by atoms with Crippen molar-refractivity contribution >= 4 is 16.2 Å². The van der Waals surface area contributed by atoms with Gasteiger partial charge in [0.2, 0.25) is 10.0 Å². The van der Waals surface area contributed by atoms with Crippen molar-refractivity contribution in [2.75, 3.05) is 0 Å². The maximum absolute atomic E-state index is 11.2. The zero-order chi connectivity index (χ0) is 15.6. The van der Waals surface area contributed by atoms with Gasteiger partial charge in [-0.15, -0.1) is 10.2 Å². The monoisotopic (exact) mass is 317 g/mol. The molecule has 0 unspecified atom stereocenters. The molecule has 3 aromatic rings. The summed E-state index contributed by atoms with van der Waals surface area (Å²) in [5, 5.41) is 16.4. The molecular weight excluding hydrogens is 306 g/mol. The largest absolute Gasteiger partial charge is 0.455 e. The third kappa shape index (κ3) is 3.10. The quantitative estimate of drug-likeness (QED) is 0.722. The van der Waals surface area contributed by atoms with Gasteiger partial charge < -0.3 is 4.42 Å². The molecular formula is C13H11N5O3S. The van der Waals surface area contributed by atoms with Crippen LogP contribution in [-0.4, -0.2) is 29.5 Å². The van der Waals surface area contributed by atoms with Crippen LogP contribution in [0.15, 0.2) is 63.5 Å². The fraction of sp³-hybridized carbons (Fsp3) is 0. The zero-order valence-electron chi connectivity index (χ0n) is 11.2. The molecule has 0 radical (unpaired) electrons. The summed E-state index contributed by atoms with van der Waals surface area (Å²) in [6.45, 7) is 0. The van der Waals surface area contributed by atoms with Crippen LogP contribution in [0.5, 0.6) is 0 Å². The Kier molecular flexibility index (Phi) is 3.57. The highest BCUT2D eigenvalue weighted by molar-refractivity contribution is 7.89. The molecule has 8 nitrogen and oxygen atoms in total. The SMILES string of the molecule is NS(=O)(=O)c1ccc(-c2ccc(C=Nn3cnnc3)o2)cc1. The number of sulfonamides is 1. The summed E-state index contributed by atoms with van der Waals surface area (Å²) < 4.78 is 29.5. The lowest BCUT2D eigenvalue weighted by molar-refractivity contribution is 0.574.